The number of amidine groups is 1. The van der Waals surface area contributed by atoms with Gasteiger partial charge in [0.1, 0.15) is 5.84 Å². The lowest BCUT2D eigenvalue weighted by molar-refractivity contribution is 1.34. The van der Waals surface area contributed by atoms with E-state index in [1.165, 1.54) is 16.7 Å². The molecule has 2 heteroatoms. The first-order valence-electron chi connectivity index (χ1n) is 5.60. The van der Waals surface area contributed by atoms with E-state index in [0.717, 1.165) is 11.1 Å². The summed E-state index contributed by atoms with van der Waals surface area (Å²) < 4.78 is 0. The highest BCUT2D eigenvalue weighted by atomic mass is 14.7. The molecular formula is C15H16N2. The van der Waals surface area contributed by atoms with Gasteiger partial charge in [0.2, 0.25) is 0 Å². The van der Waals surface area contributed by atoms with Gasteiger partial charge in [-0.2, -0.15) is 0 Å². The molecule has 2 aromatic carbocycles. The highest BCUT2D eigenvalue weighted by molar-refractivity contribution is 5.95. The molecule has 0 unspecified atom stereocenters. The van der Waals surface area contributed by atoms with E-state index < -0.39 is 0 Å². The van der Waals surface area contributed by atoms with Crippen LogP contribution in [0.5, 0.6) is 0 Å². The lowest BCUT2D eigenvalue weighted by atomic mass is 9.96. The zero-order chi connectivity index (χ0) is 12.4. The van der Waals surface area contributed by atoms with E-state index in [9.17, 15) is 0 Å². The van der Waals surface area contributed by atoms with E-state index >= 15 is 0 Å². The number of benzene rings is 2. The molecule has 0 amide bonds. The summed E-state index contributed by atoms with van der Waals surface area (Å²) in [5, 5.41) is 7.36. The predicted molar refractivity (Wildman–Crippen MR) is 72.4 cm³/mol. The fraction of sp³-hybridized carbons (Fsp3) is 0.133. The van der Waals surface area contributed by atoms with Gasteiger partial charge in [0.25, 0.3) is 0 Å². The van der Waals surface area contributed by atoms with Crippen LogP contribution in [-0.4, -0.2) is 5.84 Å². The smallest absolute Gasteiger partial charge is 0.122 e. The summed E-state index contributed by atoms with van der Waals surface area (Å²) in [5.74, 6) is 0.109. The Morgan fingerprint density at radius 2 is 1.65 bits per heavy atom. The van der Waals surface area contributed by atoms with Crippen LogP contribution in [0.2, 0.25) is 0 Å². The summed E-state index contributed by atoms with van der Waals surface area (Å²) in [5.41, 5.74) is 11.2. The zero-order valence-corrected chi connectivity index (χ0v) is 10.1. The van der Waals surface area contributed by atoms with Gasteiger partial charge in [0.15, 0.2) is 0 Å². The van der Waals surface area contributed by atoms with Gasteiger partial charge in [-0.15, -0.1) is 0 Å². The van der Waals surface area contributed by atoms with E-state index in [-0.39, 0.29) is 5.84 Å². The van der Waals surface area contributed by atoms with Gasteiger partial charge >= 0.3 is 0 Å². The molecule has 3 N–H and O–H groups in total. The first-order valence-corrected chi connectivity index (χ1v) is 5.60. The molecule has 0 aromatic heterocycles. The number of nitrogens with one attached hydrogen (secondary N) is 1. The predicted octanol–water partition coefficient (Wildman–Crippen LogP) is 3.25. The minimum absolute atomic E-state index is 0.109. The number of nitrogen functional groups attached to an aromatic ring is 1. The zero-order valence-electron chi connectivity index (χ0n) is 10.1. The Bertz CT molecular complexity index is 554. The van der Waals surface area contributed by atoms with Crippen LogP contribution in [-0.2, 0) is 0 Å². The average Bonchev–Trinajstić information content (AvgIpc) is 2.33. The number of aryl methyl sites for hydroxylation is 1. The van der Waals surface area contributed by atoms with Gasteiger partial charge in [0.05, 0.1) is 0 Å². The van der Waals surface area contributed by atoms with E-state index in [1.807, 2.05) is 24.3 Å². The highest BCUT2D eigenvalue weighted by Crippen LogP contribution is 2.25. The van der Waals surface area contributed by atoms with Crippen LogP contribution in [0.4, 0.5) is 0 Å². The van der Waals surface area contributed by atoms with Crippen LogP contribution in [0.25, 0.3) is 11.1 Å². The number of nitrogens with two attached hydrogens (primary N) is 1. The first-order chi connectivity index (χ1) is 8.09. The molecule has 2 rings (SSSR count). The minimum Gasteiger partial charge on any atom is -0.384 e. The van der Waals surface area contributed by atoms with Gasteiger partial charge in [-0.05, 0) is 36.1 Å². The SMILES string of the molecule is Cc1cccc(-c2ccc(C(=N)N)cc2)c1C. The van der Waals surface area contributed by atoms with Crippen molar-refractivity contribution in [3.05, 3.63) is 59.2 Å². The Morgan fingerprint density at radius 3 is 2.24 bits per heavy atom. The second-order valence-corrected chi connectivity index (χ2v) is 4.24. The Labute approximate surface area is 102 Å². The van der Waals surface area contributed by atoms with Crippen molar-refractivity contribution in [2.75, 3.05) is 0 Å². The third-order valence-electron chi connectivity index (χ3n) is 3.11. The molecule has 0 bridgehead atoms. The van der Waals surface area contributed by atoms with Crippen molar-refractivity contribution in [3.63, 3.8) is 0 Å². The Hall–Kier alpha value is -2.09. The molecule has 0 aliphatic carbocycles. The van der Waals surface area contributed by atoms with Gasteiger partial charge in [-0.25, -0.2) is 0 Å². The molecule has 17 heavy (non-hydrogen) atoms. The fourth-order valence-electron chi connectivity index (χ4n) is 1.89. The van der Waals surface area contributed by atoms with Crippen LogP contribution in [0.15, 0.2) is 42.5 Å². The van der Waals surface area contributed by atoms with Crippen molar-refractivity contribution in [3.8, 4) is 11.1 Å². The summed E-state index contributed by atoms with van der Waals surface area (Å²) in [4.78, 5) is 0. The summed E-state index contributed by atoms with van der Waals surface area (Å²) >= 11 is 0. The third-order valence-corrected chi connectivity index (χ3v) is 3.11. The van der Waals surface area contributed by atoms with Gasteiger partial charge in [0, 0.05) is 5.56 Å². The van der Waals surface area contributed by atoms with Gasteiger partial charge in [-0.1, -0.05) is 42.5 Å². The van der Waals surface area contributed by atoms with Crippen LogP contribution >= 0.6 is 0 Å². The van der Waals surface area contributed by atoms with E-state index in [0.29, 0.717) is 0 Å². The quantitative estimate of drug-likeness (QED) is 0.597. The fourth-order valence-corrected chi connectivity index (χ4v) is 1.89. The van der Waals surface area contributed by atoms with Gasteiger partial charge < -0.3 is 5.73 Å². The Balaban J connectivity index is 2.47. The minimum atomic E-state index is 0.109. The molecule has 0 saturated carbocycles. The molecule has 0 aliphatic heterocycles. The second kappa shape index (κ2) is 4.42. The van der Waals surface area contributed by atoms with E-state index in [4.69, 9.17) is 11.1 Å². The molecule has 0 fully saturated rings. The molecule has 0 radical (unpaired) electrons. The van der Waals surface area contributed by atoms with Gasteiger partial charge in [-0.3, -0.25) is 5.41 Å². The molecule has 2 aromatic rings. The normalized spacial score (nSPS) is 10.2. The maximum Gasteiger partial charge on any atom is 0.122 e. The van der Waals surface area contributed by atoms with Crippen molar-refractivity contribution in [1.82, 2.24) is 0 Å². The average molecular weight is 224 g/mol. The molecular weight excluding hydrogens is 208 g/mol. The Kier molecular flexibility index (Phi) is 2.96. The van der Waals surface area contributed by atoms with Crippen LogP contribution in [0.3, 0.4) is 0 Å². The molecule has 0 aliphatic rings. The first kappa shape index (κ1) is 11.4. The molecule has 0 atom stereocenters. The van der Waals surface area contributed by atoms with Crippen molar-refractivity contribution in [2.24, 2.45) is 5.73 Å². The maximum absolute atomic E-state index is 7.36. The van der Waals surface area contributed by atoms with Crippen molar-refractivity contribution >= 4 is 5.84 Å². The Morgan fingerprint density at radius 1 is 1.00 bits per heavy atom. The molecule has 2 nitrogen and oxygen atoms in total. The summed E-state index contributed by atoms with van der Waals surface area (Å²) in [6.45, 7) is 4.24. The van der Waals surface area contributed by atoms with Crippen LogP contribution < -0.4 is 5.73 Å². The molecule has 0 saturated heterocycles. The number of rotatable bonds is 2. The van der Waals surface area contributed by atoms with Crippen molar-refractivity contribution < 1.29 is 0 Å². The van der Waals surface area contributed by atoms with Crippen molar-refractivity contribution in [2.45, 2.75) is 13.8 Å². The second-order valence-electron chi connectivity index (χ2n) is 4.24. The number of hydrogen-bond donors (Lipinski definition) is 2. The third kappa shape index (κ3) is 2.21. The molecule has 0 spiro atoms. The molecule has 86 valence electrons. The summed E-state index contributed by atoms with van der Waals surface area (Å²) in [7, 11) is 0. The largest absolute Gasteiger partial charge is 0.384 e. The summed E-state index contributed by atoms with van der Waals surface area (Å²) in [6, 6.07) is 14.1. The van der Waals surface area contributed by atoms with Crippen LogP contribution in [0, 0.1) is 19.3 Å². The van der Waals surface area contributed by atoms with E-state index in [1.54, 1.807) is 0 Å². The monoisotopic (exact) mass is 224 g/mol. The van der Waals surface area contributed by atoms with E-state index in [2.05, 4.69) is 32.0 Å². The maximum atomic E-state index is 7.36. The lowest BCUT2D eigenvalue weighted by Crippen LogP contribution is -2.10. The topological polar surface area (TPSA) is 49.9 Å². The van der Waals surface area contributed by atoms with Crippen molar-refractivity contribution in [1.29, 1.82) is 5.41 Å². The lowest BCUT2D eigenvalue weighted by Gasteiger charge is -2.09. The van der Waals surface area contributed by atoms with Crippen LogP contribution in [0.1, 0.15) is 16.7 Å². The number of hydrogen-bond acceptors (Lipinski definition) is 1. The highest BCUT2D eigenvalue weighted by Gasteiger charge is 2.04. The summed E-state index contributed by atoms with van der Waals surface area (Å²) in [6.07, 6.45) is 0. The standard InChI is InChI=1S/C15H16N2/c1-10-4-3-5-14(11(10)2)12-6-8-13(9-7-12)15(16)17/h3-9H,1-2H3,(H3,16,17). The molecule has 0 heterocycles.